The summed E-state index contributed by atoms with van der Waals surface area (Å²) in [5, 5.41) is 11.9. The molecule has 0 atom stereocenters. The molecule has 0 spiro atoms. The van der Waals surface area contributed by atoms with Gasteiger partial charge in [-0.15, -0.1) is 0 Å². The van der Waals surface area contributed by atoms with E-state index in [0.29, 0.717) is 12.2 Å². The fraction of sp³-hybridized carbons (Fsp3) is 0.200. The topological polar surface area (TPSA) is 48.7 Å². The average Bonchev–Trinajstić information content (AvgIpc) is 2.44. The van der Waals surface area contributed by atoms with Crippen molar-refractivity contribution in [3.05, 3.63) is 58.9 Å². The molecule has 0 aliphatic carbocycles. The highest BCUT2D eigenvalue weighted by molar-refractivity contribution is 5.59. The molecule has 0 radical (unpaired) electrons. The number of alkyl halides is 3. The Bertz CT molecular complexity index is 687. The van der Waals surface area contributed by atoms with Crippen LogP contribution in [0.15, 0.2) is 36.7 Å². The molecule has 0 saturated carbocycles. The molecule has 0 unspecified atom stereocenters. The Morgan fingerprint density at radius 2 is 2.00 bits per heavy atom. The molecule has 0 aliphatic heterocycles. The molecule has 6 heteroatoms. The standard InChI is InChI=1S/C15H12F3N3/c1-10-4-11(8-20-7-10)9-21-14-3-2-13(15(16,17)18)5-12(14)6-19/h2-5,7-8,21H,9H2,1H3. The van der Waals surface area contributed by atoms with Crippen LogP contribution < -0.4 is 5.32 Å². The van der Waals surface area contributed by atoms with Crippen LogP contribution in [0.5, 0.6) is 0 Å². The van der Waals surface area contributed by atoms with Crippen molar-refractivity contribution in [1.82, 2.24) is 4.98 Å². The van der Waals surface area contributed by atoms with Crippen LogP contribution in [0.3, 0.4) is 0 Å². The van der Waals surface area contributed by atoms with Crippen molar-refractivity contribution in [3.63, 3.8) is 0 Å². The van der Waals surface area contributed by atoms with Crippen LogP contribution in [0.2, 0.25) is 0 Å². The Morgan fingerprint density at radius 3 is 2.62 bits per heavy atom. The molecule has 0 amide bonds. The van der Waals surface area contributed by atoms with Crippen LogP contribution in [0.4, 0.5) is 18.9 Å². The highest BCUT2D eigenvalue weighted by Gasteiger charge is 2.31. The SMILES string of the molecule is Cc1cncc(CNc2ccc(C(F)(F)F)cc2C#N)c1. The molecule has 0 aliphatic rings. The van der Waals surface area contributed by atoms with E-state index in [9.17, 15) is 13.2 Å². The van der Waals surface area contributed by atoms with E-state index in [4.69, 9.17) is 5.26 Å². The van der Waals surface area contributed by atoms with E-state index in [1.807, 2.05) is 13.0 Å². The quantitative estimate of drug-likeness (QED) is 0.933. The molecule has 1 aromatic carbocycles. The predicted octanol–water partition coefficient (Wildman–Crippen LogP) is 3.89. The van der Waals surface area contributed by atoms with Crippen LogP contribution in [-0.2, 0) is 12.7 Å². The summed E-state index contributed by atoms with van der Waals surface area (Å²) < 4.78 is 37.8. The summed E-state index contributed by atoms with van der Waals surface area (Å²) in [5.74, 6) is 0. The molecular weight excluding hydrogens is 279 g/mol. The van der Waals surface area contributed by atoms with E-state index in [2.05, 4.69) is 10.3 Å². The monoisotopic (exact) mass is 291 g/mol. The minimum absolute atomic E-state index is 0.0366. The van der Waals surface area contributed by atoms with Crippen molar-refractivity contribution in [3.8, 4) is 6.07 Å². The van der Waals surface area contributed by atoms with Gasteiger partial charge in [-0.05, 0) is 36.2 Å². The van der Waals surface area contributed by atoms with Gasteiger partial charge in [-0.25, -0.2) is 0 Å². The van der Waals surface area contributed by atoms with Crippen molar-refractivity contribution < 1.29 is 13.2 Å². The van der Waals surface area contributed by atoms with Gasteiger partial charge in [0.25, 0.3) is 0 Å². The van der Waals surface area contributed by atoms with Gasteiger partial charge in [-0.1, -0.05) is 6.07 Å². The first-order valence-corrected chi connectivity index (χ1v) is 6.16. The van der Waals surface area contributed by atoms with Gasteiger partial charge in [0.2, 0.25) is 0 Å². The second-order valence-corrected chi connectivity index (χ2v) is 4.59. The van der Waals surface area contributed by atoms with E-state index in [-0.39, 0.29) is 5.56 Å². The summed E-state index contributed by atoms with van der Waals surface area (Å²) in [4.78, 5) is 4.03. The lowest BCUT2D eigenvalue weighted by Gasteiger charge is -2.11. The number of aryl methyl sites for hydroxylation is 1. The molecule has 0 fully saturated rings. The molecular formula is C15H12F3N3. The molecule has 108 valence electrons. The van der Waals surface area contributed by atoms with E-state index in [0.717, 1.165) is 23.3 Å². The van der Waals surface area contributed by atoms with Gasteiger partial charge in [0, 0.05) is 18.9 Å². The highest BCUT2D eigenvalue weighted by atomic mass is 19.4. The maximum atomic E-state index is 12.6. The van der Waals surface area contributed by atoms with Crippen molar-refractivity contribution in [1.29, 1.82) is 5.26 Å². The van der Waals surface area contributed by atoms with Gasteiger partial charge in [0.05, 0.1) is 16.8 Å². The number of nitriles is 1. The third kappa shape index (κ3) is 3.72. The van der Waals surface area contributed by atoms with E-state index >= 15 is 0 Å². The molecule has 1 N–H and O–H groups in total. The highest BCUT2D eigenvalue weighted by Crippen LogP contribution is 2.31. The maximum absolute atomic E-state index is 12.6. The van der Waals surface area contributed by atoms with Crippen molar-refractivity contribution in [2.24, 2.45) is 0 Å². The maximum Gasteiger partial charge on any atom is 0.416 e. The second kappa shape index (κ2) is 5.83. The number of anilines is 1. The largest absolute Gasteiger partial charge is 0.416 e. The Hall–Kier alpha value is -2.55. The van der Waals surface area contributed by atoms with Crippen LogP contribution in [0, 0.1) is 18.3 Å². The summed E-state index contributed by atoms with van der Waals surface area (Å²) >= 11 is 0. The molecule has 2 aromatic rings. The molecule has 1 aromatic heterocycles. The number of aromatic nitrogens is 1. The molecule has 0 saturated heterocycles. The third-order valence-corrected chi connectivity index (χ3v) is 2.88. The van der Waals surface area contributed by atoms with Gasteiger partial charge in [0.1, 0.15) is 6.07 Å². The minimum Gasteiger partial charge on any atom is -0.380 e. The zero-order valence-electron chi connectivity index (χ0n) is 11.2. The van der Waals surface area contributed by atoms with E-state index < -0.39 is 11.7 Å². The normalized spacial score (nSPS) is 11.0. The number of hydrogen-bond donors (Lipinski definition) is 1. The lowest BCUT2D eigenvalue weighted by molar-refractivity contribution is -0.137. The van der Waals surface area contributed by atoms with Gasteiger partial charge >= 0.3 is 6.18 Å². The van der Waals surface area contributed by atoms with Gasteiger partial charge in [0.15, 0.2) is 0 Å². The smallest absolute Gasteiger partial charge is 0.380 e. The Labute approximate surface area is 120 Å². The van der Waals surface area contributed by atoms with E-state index in [1.165, 1.54) is 6.07 Å². The molecule has 21 heavy (non-hydrogen) atoms. The number of benzene rings is 1. The molecule has 2 rings (SSSR count). The first-order chi connectivity index (χ1) is 9.90. The number of nitrogens with zero attached hydrogens (tertiary/aromatic N) is 2. The second-order valence-electron chi connectivity index (χ2n) is 4.59. The Morgan fingerprint density at radius 1 is 1.24 bits per heavy atom. The Balaban J connectivity index is 2.19. The third-order valence-electron chi connectivity index (χ3n) is 2.88. The number of rotatable bonds is 3. The fourth-order valence-electron chi connectivity index (χ4n) is 1.88. The minimum atomic E-state index is -4.45. The first-order valence-electron chi connectivity index (χ1n) is 6.16. The molecule has 1 heterocycles. The number of nitrogens with one attached hydrogen (secondary N) is 1. The summed E-state index contributed by atoms with van der Waals surface area (Å²) in [6.45, 7) is 2.28. The van der Waals surface area contributed by atoms with Gasteiger partial charge in [-0.3, -0.25) is 4.98 Å². The Kier molecular flexibility index (Phi) is 4.13. The lowest BCUT2D eigenvalue weighted by atomic mass is 10.1. The van der Waals surface area contributed by atoms with Crippen LogP contribution in [-0.4, -0.2) is 4.98 Å². The summed E-state index contributed by atoms with van der Waals surface area (Å²) in [6.07, 6.45) is -1.08. The zero-order chi connectivity index (χ0) is 15.5. The first kappa shape index (κ1) is 14.9. The van der Waals surface area contributed by atoms with Crippen molar-refractivity contribution in [2.75, 3.05) is 5.32 Å². The van der Waals surface area contributed by atoms with Crippen LogP contribution in [0.1, 0.15) is 22.3 Å². The predicted molar refractivity (Wildman–Crippen MR) is 72.5 cm³/mol. The summed E-state index contributed by atoms with van der Waals surface area (Å²) in [7, 11) is 0. The zero-order valence-corrected chi connectivity index (χ0v) is 11.2. The number of hydrogen-bond acceptors (Lipinski definition) is 3. The van der Waals surface area contributed by atoms with Crippen LogP contribution >= 0.6 is 0 Å². The molecule has 0 bridgehead atoms. The van der Waals surface area contributed by atoms with Crippen molar-refractivity contribution in [2.45, 2.75) is 19.6 Å². The number of halogens is 3. The fourth-order valence-corrected chi connectivity index (χ4v) is 1.88. The summed E-state index contributed by atoms with van der Waals surface area (Å²) in [6, 6.07) is 6.76. The lowest BCUT2D eigenvalue weighted by Crippen LogP contribution is -2.07. The van der Waals surface area contributed by atoms with Gasteiger partial charge in [-0.2, -0.15) is 18.4 Å². The average molecular weight is 291 g/mol. The van der Waals surface area contributed by atoms with Crippen LogP contribution in [0.25, 0.3) is 0 Å². The van der Waals surface area contributed by atoms with E-state index in [1.54, 1.807) is 18.5 Å². The van der Waals surface area contributed by atoms with Crippen molar-refractivity contribution >= 4 is 5.69 Å². The summed E-state index contributed by atoms with van der Waals surface area (Å²) in [5.41, 5.74) is 1.38. The van der Waals surface area contributed by atoms with Gasteiger partial charge < -0.3 is 5.32 Å². The molecule has 3 nitrogen and oxygen atoms in total. The number of pyridine rings is 1.